The Kier molecular flexibility index (Phi) is 6.37. The van der Waals surface area contributed by atoms with E-state index in [2.05, 4.69) is 21.2 Å². The Labute approximate surface area is 189 Å². The number of benzene rings is 3. The number of halogens is 1. The van der Waals surface area contributed by atoms with Gasteiger partial charge in [-0.15, -0.1) is 0 Å². The van der Waals surface area contributed by atoms with Gasteiger partial charge < -0.3 is 14.8 Å². The van der Waals surface area contributed by atoms with Gasteiger partial charge in [0.25, 0.3) is 5.91 Å². The number of nitrogens with one attached hydrogen (secondary N) is 1. The van der Waals surface area contributed by atoms with E-state index in [0.29, 0.717) is 12.2 Å². The summed E-state index contributed by atoms with van der Waals surface area (Å²) in [7, 11) is 1.37. The van der Waals surface area contributed by atoms with Crippen molar-refractivity contribution in [2.24, 2.45) is 0 Å². The van der Waals surface area contributed by atoms with Crippen molar-refractivity contribution in [3.63, 3.8) is 0 Å². The van der Waals surface area contributed by atoms with Crippen molar-refractivity contribution in [2.75, 3.05) is 7.11 Å². The molecule has 3 atom stereocenters. The summed E-state index contributed by atoms with van der Waals surface area (Å²) in [5.41, 5.74) is 2.66. The molecule has 0 aliphatic heterocycles. The Balaban J connectivity index is 1.60. The van der Waals surface area contributed by atoms with Crippen molar-refractivity contribution in [2.45, 2.75) is 24.5 Å². The molecule has 158 valence electrons. The molecule has 4 rings (SSSR count). The van der Waals surface area contributed by atoms with Gasteiger partial charge in [0.15, 0.2) is 0 Å². The van der Waals surface area contributed by atoms with Gasteiger partial charge in [-0.2, -0.15) is 0 Å². The Morgan fingerprint density at radius 3 is 2.35 bits per heavy atom. The average molecular weight is 480 g/mol. The number of carbonyl (C=O) groups is 2. The second-order valence-corrected chi connectivity index (χ2v) is 8.30. The number of fused-ring (bicyclic) bond motifs is 1. The number of rotatable bonds is 6. The first-order valence-electron chi connectivity index (χ1n) is 10.00. The van der Waals surface area contributed by atoms with Crippen molar-refractivity contribution in [1.82, 2.24) is 5.32 Å². The smallest absolute Gasteiger partial charge is 0.315 e. The Morgan fingerprint density at radius 2 is 1.65 bits per heavy atom. The normalized spacial score (nSPS) is 18.0. The molecular formula is C25H22BrNO4. The molecule has 0 bridgehead atoms. The minimum atomic E-state index is -0.857. The second kappa shape index (κ2) is 9.35. The molecule has 3 aromatic rings. The molecule has 0 fully saturated rings. The van der Waals surface area contributed by atoms with Gasteiger partial charge in [-0.1, -0.05) is 70.5 Å². The lowest BCUT2D eigenvalue weighted by atomic mass is 9.98. The summed E-state index contributed by atoms with van der Waals surface area (Å²) in [6.07, 6.45) is -0.300. The van der Waals surface area contributed by atoms with Crippen LogP contribution in [0.5, 0.6) is 5.75 Å². The third-order valence-electron chi connectivity index (χ3n) is 5.42. The molecule has 0 radical (unpaired) electrons. The maximum atomic E-state index is 13.4. The Morgan fingerprint density at radius 1 is 0.968 bits per heavy atom. The maximum Gasteiger partial charge on any atom is 0.315 e. The number of hydrogen-bond acceptors (Lipinski definition) is 4. The van der Waals surface area contributed by atoms with E-state index in [1.54, 1.807) is 12.1 Å². The van der Waals surface area contributed by atoms with E-state index in [-0.39, 0.29) is 11.9 Å². The summed E-state index contributed by atoms with van der Waals surface area (Å²) >= 11 is 3.41. The zero-order valence-corrected chi connectivity index (χ0v) is 18.5. The van der Waals surface area contributed by atoms with E-state index in [1.165, 1.54) is 7.11 Å². The van der Waals surface area contributed by atoms with E-state index >= 15 is 0 Å². The predicted molar refractivity (Wildman–Crippen MR) is 121 cm³/mol. The van der Waals surface area contributed by atoms with Crippen LogP contribution in [0.25, 0.3) is 0 Å². The van der Waals surface area contributed by atoms with Crippen molar-refractivity contribution >= 4 is 27.8 Å². The van der Waals surface area contributed by atoms with E-state index in [4.69, 9.17) is 9.47 Å². The number of amides is 1. The van der Waals surface area contributed by atoms with Crippen LogP contribution in [0.1, 0.15) is 28.7 Å². The van der Waals surface area contributed by atoms with Gasteiger partial charge in [0.2, 0.25) is 6.10 Å². The molecule has 1 N–H and O–H groups in total. The molecular weight excluding hydrogens is 458 g/mol. The van der Waals surface area contributed by atoms with Crippen LogP contribution >= 0.6 is 15.9 Å². The zero-order chi connectivity index (χ0) is 21.8. The van der Waals surface area contributed by atoms with Gasteiger partial charge >= 0.3 is 5.97 Å². The van der Waals surface area contributed by atoms with Crippen molar-refractivity contribution in [3.05, 3.63) is 100 Å². The monoisotopic (exact) mass is 479 g/mol. The lowest BCUT2D eigenvalue weighted by molar-refractivity contribution is -0.143. The number of esters is 1. The van der Waals surface area contributed by atoms with Crippen LogP contribution in [0.4, 0.5) is 0 Å². The molecule has 1 amide bonds. The van der Waals surface area contributed by atoms with E-state index in [9.17, 15) is 9.59 Å². The largest absolute Gasteiger partial charge is 0.476 e. The molecule has 0 saturated heterocycles. The van der Waals surface area contributed by atoms with Gasteiger partial charge in [0.05, 0.1) is 13.2 Å². The van der Waals surface area contributed by atoms with E-state index in [1.807, 2.05) is 66.7 Å². The molecule has 31 heavy (non-hydrogen) atoms. The van der Waals surface area contributed by atoms with E-state index in [0.717, 1.165) is 21.2 Å². The van der Waals surface area contributed by atoms with Gasteiger partial charge in [-0.25, -0.2) is 0 Å². The predicted octanol–water partition coefficient (Wildman–Crippen LogP) is 4.57. The minimum Gasteiger partial charge on any atom is -0.476 e. The molecule has 0 aromatic heterocycles. The summed E-state index contributed by atoms with van der Waals surface area (Å²) < 4.78 is 12.0. The average Bonchev–Trinajstić information content (AvgIpc) is 3.16. The van der Waals surface area contributed by atoms with Crippen molar-refractivity contribution in [1.29, 1.82) is 0 Å². The first-order valence-corrected chi connectivity index (χ1v) is 10.8. The molecule has 3 aromatic carbocycles. The van der Waals surface area contributed by atoms with Crippen molar-refractivity contribution < 1.29 is 19.1 Å². The van der Waals surface area contributed by atoms with Gasteiger partial charge in [-0.3, -0.25) is 9.59 Å². The second-order valence-electron chi connectivity index (χ2n) is 7.38. The third-order valence-corrected chi connectivity index (χ3v) is 5.95. The molecule has 0 saturated carbocycles. The molecule has 1 aliphatic carbocycles. The van der Waals surface area contributed by atoms with Crippen LogP contribution in [-0.2, 0) is 20.7 Å². The van der Waals surface area contributed by atoms with Crippen LogP contribution in [0.15, 0.2) is 83.3 Å². The highest BCUT2D eigenvalue weighted by Gasteiger charge is 2.40. The van der Waals surface area contributed by atoms with Crippen LogP contribution in [0.2, 0.25) is 0 Å². The maximum absolute atomic E-state index is 13.4. The number of ether oxygens (including phenoxy) is 2. The van der Waals surface area contributed by atoms with Crippen LogP contribution in [-0.4, -0.2) is 25.0 Å². The fourth-order valence-electron chi connectivity index (χ4n) is 3.96. The quantitative estimate of drug-likeness (QED) is 0.526. The van der Waals surface area contributed by atoms with Crippen LogP contribution in [0.3, 0.4) is 0 Å². The highest BCUT2D eigenvalue weighted by molar-refractivity contribution is 9.10. The lowest BCUT2D eigenvalue weighted by Gasteiger charge is -2.24. The van der Waals surface area contributed by atoms with Crippen LogP contribution in [0, 0.1) is 0 Å². The summed E-state index contributed by atoms with van der Waals surface area (Å²) in [6, 6.07) is 23.9. The molecule has 5 nitrogen and oxygen atoms in total. The summed E-state index contributed by atoms with van der Waals surface area (Å²) in [5, 5.41) is 3.05. The topological polar surface area (TPSA) is 64.6 Å². The summed E-state index contributed by atoms with van der Waals surface area (Å²) in [6.45, 7) is 0. The lowest BCUT2D eigenvalue weighted by Crippen LogP contribution is -2.44. The minimum absolute atomic E-state index is 0.305. The Bertz CT molecular complexity index is 1070. The molecule has 0 heterocycles. The molecule has 6 heteroatoms. The molecule has 3 unspecified atom stereocenters. The van der Waals surface area contributed by atoms with Crippen LogP contribution < -0.4 is 10.1 Å². The third kappa shape index (κ3) is 4.64. The fraction of sp³-hybridized carbons (Fsp3) is 0.200. The highest BCUT2D eigenvalue weighted by Crippen LogP contribution is 2.35. The number of methoxy groups -OCH3 is 1. The summed E-state index contributed by atoms with van der Waals surface area (Å²) in [5.74, 6) is -0.637. The first-order chi connectivity index (χ1) is 15.1. The fourth-order valence-corrected chi connectivity index (χ4v) is 4.22. The summed E-state index contributed by atoms with van der Waals surface area (Å²) in [4.78, 5) is 25.9. The SMILES string of the molecule is COC(=O)C1c2ccccc2CC1NC(=O)C(Oc1ccc(Br)cc1)c1ccccc1. The number of carbonyl (C=O) groups excluding carboxylic acids is 2. The number of hydrogen-bond donors (Lipinski definition) is 1. The van der Waals surface area contributed by atoms with Gasteiger partial charge in [0, 0.05) is 10.0 Å². The highest BCUT2D eigenvalue weighted by atomic mass is 79.9. The molecule has 1 aliphatic rings. The molecule has 0 spiro atoms. The van der Waals surface area contributed by atoms with E-state index < -0.39 is 18.1 Å². The standard InChI is InChI=1S/C25H22BrNO4/c1-30-25(29)22-20-10-6-5-9-17(20)15-21(22)27-24(28)23(16-7-3-2-4-8-16)31-19-13-11-18(26)12-14-19/h2-14,21-23H,15H2,1H3,(H,27,28). The zero-order valence-electron chi connectivity index (χ0n) is 17.0. The van der Waals surface area contributed by atoms with Gasteiger partial charge in [-0.05, 0) is 41.8 Å². The van der Waals surface area contributed by atoms with Crippen molar-refractivity contribution in [3.8, 4) is 5.75 Å². The first kappa shape index (κ1) is 21.1. The van der Waals surface area contributed by atoms with Gasteiger partial charge in [0.1, 0.15) is 11.7 Å². The Hall–Kier alpha value is -3.12.